The maximum absolute atomic E-state index is 10.8. The summed E-state index contributed by atoms with van der Waals surface area (Å²) in [6, 6.07) is 3.52. The fourth-order valence-electron chi connectivity index (χ4n) is 1.15. The summed E-state index contributed by atoms with van der Waals surface area (Å²) in [5.41, 5.74) is -1.23. The SMILES string of the molecule is COc1cc(C(=O)O)c([N+](=O)[O-])cc1C#N. The molecule has 0 radical (unpaired) electrons. The Morgan fingerprint density at radius 2 is 2.25 bits per heavy atom. The van der Waals surface area contributed by atoms with Crippen LogP contribution in [0.4, 0.5) is 5.69 Å². The predicted molar refractivity (Wildman–Crippen MR) is 51.3 cm³/mol. The Morgan fingerprint density at radius 3 is 2.62 bits per heavy atom. The van der Waals surface area contributed by atoms with Crippen LogP contribution in [-0.2, 0) is 0 Å². The number of benzene rings is 1. The van der Waals surface area contributed by atoms with Crippen LogP contribution in [-0.4, -0.2) is 23.1 Å². The minimum Gasteiger partial charge on any atom is -0.495 e. The van der Waals surface area contributed by atoms with Gasteiger partial charge in [0.25, 0.3) is 5.69 Å². The van der Waals surface area contributed by atoms with Gasteiger partial charge in [-0.1, -0.05) is 0 Å². The molecule has 0 aliphatic carbocycles. The lowest BCUT2D eigenvalue weighted by molar-refractivity contribution is -0.385. The van der Waals surface area contributed by atoms with E-state index < -0.39 is 22.1 Å². The number of nitriles is 1. The van der Waals surface area contributed by atoms with Crippen LogP contribution in [0, 0.1) is 21.4 Å². The third kappa shape index (κ3) is 1.90. The zero-order chi connectivity index (χ0) is 12.3. The molecule has 0 fully saturated rings. The van der Waals surface area contributed by atoms with Crippen molar-refractivity contribution in [1.82, 2.24) is 0 Å². The van der Waals surface area contributed by atoms with Crippen LogP contribution in [0.2, 0.25) is 0 Å². The fourth-order valence-corrected chi connectivity index (χ4v) is 1.15. The van der Waals surface area contributed by atoms with Crippen LogP contribution < -0.4 is 4.74 Å². The lowest BCUT2D eigenvalue weighted by atomic mass is 10.1. The van der Waals surface area contributed by atoms with Crippen molar-refractivity contribution in [2.24, 2.45) is 0 Å². The molecule has 0 unspecified atom stereocenters. The first-order chi connectivity index (χ1) is 7.51. The third-order valence-electron chi connectivity index (χ3n) is 1.87. The predicted octanol–water partition coefficient (Wildman–Crippen LogP) is 1.17. The van der Waals surface area contributed by atoms with Gasteiger partial charge in [0, 0.05) is 12.1 Å². The van der Waals surface area contributed by atoms with Gasteiger partial charge in [0.15, 0.2) is 0 Å². The van der Waals surface area contributed by atoms with E-state index in [-0.39, 0.29) is 11.3 Å². The van der Waals surface area contributed by atoms with Crippen LogP contribution in [0.25, 0.3) is 0 Å². The molecule has 0 aliphatic heterocycles. The number of nitro benzene ring substituents is 1. The van der Waals surface area contributed by atoms with Gasteiger partial charge >= 0.3 is 5.97 Å². The maximum atomic E-state index is 10.8. The molecule has 0 aliphatic rings. The van der Waals surface area contributed by atoms with Crippen LogP contribution in [0.3, 0.4) is 0 Å². The Kier molecular flexibility index (Phi) is 3.06. The van der Waals surface area contributed by atoms with Crippen molar-refractivity contribution in [2.75, 3.05) is 7.11 Å². The van der Waals surface area contributed by atoms with E-state index in [1.807, 2.05) is 0 Å². The number of nitro groups is 1. The number of carboxylic acid groups (broad SMARTS) is 1. The highest BCUT2D eigenvalue weighted by atomic mass is 16.6. The lowest BCUT2D eigenvalue weighted by Gasteiger charge is -2.04. The highest BCUT2D eigenvalue weighted by Crippen LogP contribution is 2.28. The van der Waals surface area contributed by atoms with E-state index in [9.17, 15) is 14.9 Å². The molecule has 7 heteroatoms. The second-order valence-corrected chi connectivity index (χ2v) is 2.74. The number of nitrogens with zero attached hydrogens (tertiary/aromatic N) is 2. The van der Waals surface area contributed by atoms with E-state index in [1.165, 1.54) is 7.11 Å². The molecular weight excluding hydrogens is 216 g/mol. The standard InChI is InChI=1S/C9H6N2O5/c1-16-8-3-6(9(12)13)7(11(14)15)2-5(8)4-10/h2-3H,1H3,(H,12,13). The number of hydrogen-bond acceptors (Lipinski definition) is 5. The molecule has 0 spiro atoms. The summed E-state index contributed by atoms with van der Waals surface area (Å²) in [6.07, 6.45) is 0. The van der Waals surface area contributed by atoms with E-state index in [4.69, 9.17) is 15.1 Å². The summed E-state index contributed by atoms with van der Waals surface area (Å²) in [6.45, 7) is 0. The lowest BCUT2D eigenvalue weighted by Crippen LogP contribution is -2.04. The summed E-state index contributed by atoms with van der Waals surface area (Å²) in [5.74, 6) is -1.46. The molecule has 0 bridgehead atoms. The highest BCUT2D eigenvalue weighted by Gasteiger charge is 2.23. The summed E-state index contributed by atoms with van der Waals surface area (Å²) in [7, 11) is 1.24. The summed E-state index contributed by atoms with van der Waals surface area (Å²) >= 11 is 0. The van der Waals surface area contributed by atoms with Crippen molar-refractivity contribution < 1.29 is 19.6 Å². The van der Waals surface area contributed by atoms with Crippen LogP contribution >= 0.6 is 0 Å². The quantitative estimate of drug-likeness (QED) is 0.606. The number of hydrogen-bond donors (Lipinski definition) is 1. The van der Waals surface area contributed by atoms with E-state index in [0.29, 0.717) is 0 Å². The Bertz CT molecular complexity index is 503. The van der Waals surface area contributed by atoms with Gasteiger partial charge in [-0.05, 0) is 0 Å². The molecular formula is C9H6N2O5. The number of methoxy groups -OCH3 is 1. The van der Waals surface area contributed by atoms with Crippen LogP contribution in [0.1, 0.15) is 15.9 Å². The number of ether oxygens (including phenoxy) is 1. The van der Waals surface area contributed by atoms with Crippen molar-refractivity contribution >= 4 is 11.7 Å². The Hall–Kier alpha value is -2.62. The molecule has 1 rings (SSSR count). The van der Waals surface area contributed by atoms with Crippen LogP contribution in [0.15, 0.2) is 12.1 Å². The molecule has 7 nitrogen and oxygen atoms in total. The Labute approximate surface area is 89.6 Å². The maximum Gasteiger partial charge on any atom is 0.342 e. The molecule has 16 heavy (non-hydrogen) atoms. The Morgan fingerprint density at radius 1 is 1.62 bits per heavy atom. The first kappa shape index (κ1) is 11.5. The van der Waals surface area contributed by atoms with Gasteiger partial charge < -0.3 is 9.84 Å². The molecule has 0 aromatic heterocycles. The molecule has 0 saturated heterocycles. The summed E-state index contributed by atoms with van der Waals surface area (Å²) in [5, 5.41) is 28.0. The molecule has 0 saturated carbocycles. The van der Waals surface area contributed by atoms with Gasteiger partial charge in [0.2, 0.25) is 0 Å². The topological polar surface area (TPSA) is 113 Å². The van der Waals surface area contributed by atoms with Gasteiger partial charge in [0.1, 0.15) is 22.9 Å². The largest absolute Gasteiger partial charge is 0.495 e. The molecule has 0 amide bonds. The molecule has 1 aromatic carbocycles. The van der Waals surface area contributed by atoms with Crippen molar-refractivity contribution in [2.45, 2.75) is 0 Å². The average Bonchev–Trinajstić information content (AvgIpc) is 2.26. The number of rotatable bonds is 3. The van der Waals surface area contributed by atoms with Gasteiger partial charge in [0.05, 0.1) is 12.0 Å². The monoisotopic (exact) mass is 222 g/mol. The third-order valence-corrected chi connectivity index (χ3v) is 1.87. The summed E-state index contributed by atoms with van der Waals surface area (Å²) < 4.78 is 4.75. The minimum absolute atomic E-state index is 0.00880. The molecule has 1 aromatic rings. The van der Waals surface area contributed by atoms with E-state index in [1.54, 1.807) is 6.07 Å². The van der Waals surface area contributed by atoms with Gasteiger partial charge in [-0.25, -0.2) is 4.79 Å². The second kappa shape index (κ2) is 4.27. The highest BCUT2D eigenvalue weighted by molar-refractivity contribution is 5.93. The van der Waals surface area contributed by atoms with Crippen molar-refractivity contribution in [1.29, 1.82) is 5.26 Å². The van der Waals surface area contributed by atoms with Crippen molar-refractivity contribution in [3.8, 4) is 11.8 Å². The van der Waals surface area contributed by atoms with Crippen molar-refractivity contribution in [3.05, 3.63) is 33.4 Å². The zero-order valence-corrected chi connectivity index (χ0v) is 8.13. The van der Waals surface area contributed by atoms with E-state index in [0.717, 1.165) is 12.1 Å². The van der Waals surface area contributed by atoms with E-state index in [2.05, 4.69) is 0 Å². The minimum atomic E-state index is -1.45. The van der Waals surface area contributed by atoms with Gasteiger partial charge in [-0.15, -0.1) is 0 Å². The summed E-state index contributed by atoms with van der Waals surface area (Å²) in [4.78, 5) is 20.5. The molecule has 0 heterocycles. The molecule has 82 valence electrons. The fraction of sp³-hybridized carbons (Fsp3) is 0.111. The average molecular weight is 222 g/mol. The normalized spacial score (nSPS) is 9.25. The number of aromatic carboxylic acids is 1. The zero-order valence-electron chi connectivity index (χ0n) is 8.13. The van der Waals surface area contributed by atoms with Gasteiger partial charge in [-0.3, -0.25) is 10.1 Å². The molecule has 0 atom stereocenters. The van der Waals surface area contributed by atoms with Crippen LogP contribution in [0.5, 0.6) is 5.75 Å². The molecule has 1 N–H and O–H groups in total. The first-order valence-corrected chi connectivity index (χ1v) is 4.01. The van der Waals surface area contributed by atoms with Gasteiger partial charge in [-0.2, -0.15) is 5.26 Å². The second-order valence-electron chi connectivity index (χ2n) is 2.74. The smallest absolute Gasteiger partial charge is 0.342 e. The Balaban J connectivity index is 3.55. The van der Waals surface area contributed by atoms with Crippen molar-refractivity contribution in [3.63, 3.8) is 0 Å². The van der Waals surface area contributed by atoms with E-state index >= 15 is 0 Å². The number of carbonyl (C=O) groups is 1. The first-order valence-electron chi connectivity index (χ1n) is 4.01. The number of carboxylic acids is 1.